The highest BCUT2D eigenvalue weighted by atomic mass is 32.1. The van der Waals surface area contributed by atoms with Crippen molar-refractivity contribution in [2.75, 3.05) is 6.54 Å². The second-order valence-electron chi connectivity index (χ2n) is 9.98. The van der Waals surface area contributed by atoms with Crippen molar-refractivity contribution >= 4 is 34.5 Å². The van der Waals surface area contributed by atoms with E-state index in [0.29, 0.717) is 23.0 Å². The number of carbonyl (C=O) groups excluding carboxylic acids is 2. The minimum absolute atomic E-state index is 0.0301. The number of amides is 2. The Balaban J connectivity index is 1.33. The number of thiophene rings is 2. The van der Waals surface area contributed by atoms with Crippen molar-refractivity contribution in [3.63, 3.8) is 0 Å². The Labute approximate surface area is 215 Å². The molecule has 2 fully saturated rings. The fraction of sp³-hybridized carbons (Fsp3) is 0.500. The molecule has 12 heteroatoms. The number of H-pyrrole nitrogens is 1. The van der Waals surface area contributed by atoms with Crippen LogP contribution < -0.4 is 11.1 Å². The molecule has 0 aromatic carbocycles. The number of nitriles is 1. The Morgan fingerprint density at radius 2 is 2.19 bits per heavy atom. The highest BCUT2D eigenvalue weighted by Crippen LogP contribution is 2.51. The average molecular weight is 523 g/mol. The van der Waals surface area contributed by atoms with Crippen molar-refractivity contribution in [1.29, 1.82) is 5.26 Å². The zero-order chi connectivity index (χ0) is 25.0. The number of hydrogen-bond donors (Lipinski definition) is 3. The van der Waals surface area contributed by atoms with Gasteiger partial charge in [0.2, 0.25) is 5.91 Å². The molecule has 1 saturated heterocycles. The number of nitrogens with two attached hydrogens (primary N) is 1. The molecule has 2 amide bonds. The van der Waals surface area contributed by atoms with Crippen LogP contribution in [0.5, 0.6) is 0 Å². The summed E-state index contributed by atoms with van der Waals surface area (Å²) in [5, 5.41) is 30.3. The number of tetrazole rings is 1. The van der Waals surface area contributed by atoms with Crippen LogP contribution in [-0.2, 0) is 23.1 Å². The molecule has 3 aliphatic rings. The summed E-state index contributed by atoms with van der Waals surface area (Å²) in [4.78, 5) is 29.6. The van der Waals surface area contributed by atoms with Gasteiger partial charge in [-0.15, -0.1) is 32.9 Å². The van der Waals surface area contributed by atoms with Crippen molar-refractivity contribution in [1.82, 2.24) is 30.8 Å². The van der Waals surface area contributed by atoms with Gasteiger partial charge in [0, 0.05) is 21.8 Å². The van der Waals surface area contributed by atoms with Crippen LogP contribution in [-0.4, -0.2) is 62.0 Å². The van der Waals surface area contributed by atoms with Crippen LogP contribution in [0.15, 0.2) is 17.5 Å². The van der Waals surface area contributed by atoms with Gasteiger partial charge in [0.1, 0.15) is 11.5 Å². The number of nitrogens with one attached hydrogen (secondary N) is 2. The molecule has 1 saturated carbocycles. The summed E-state index contributed by atoms with van der Waals surface area (Å²) < 4.78 is 0. The lowest BCUT2D eigenvalue weighted by atomic mass is 9.76. The van der Waals surface area contributed by atoms with Crippen LogP contribution >= 0.6 is 22.7 Å². The Bertz CT molecular complexity index is 1360. The Hall–Kier alpha value is -3.14. The van der Waals surface area contributed by atoms with Gasteiger partial charge in [0.15, 0.2) is 5.82 Å². The van der Waals surface area contributed by atoms with Crippen LogP contribution in [0.25, 0.3) is 0 Å². The quantitative estimate of drug-likeness (QED) is 0.427. The number of aryl methyl sites for hydroxylation is 2. The smallest absolute Gasteiger partial charge is 0.258 e. The molecule has 36 heavy (non-hydrogen) atoms. The predicted octanol–water partition coefficient (Wildman–Crippen LogP) is 1.74. The SMILES string of the molecule is C[C@@H](CC1(c2nn[nH]n2)c2sccc2CCc2cc(C(N)=O)sc21)NCC(=O)N1[C@H](C#N)C[C@@H]2C[C@@H]21. The van der Waals surface area contributed by atoms with E-state index < -0.39 is 11.3 Å². The van der Waals surface area contributed by atoms with Crippen LogP contribution in [0.1, 0.15) is 62.6 Å². The number of carbonyl (C=O) groups is 2. The summed E-state index contributed by atoms with van der Waals surface area (Å²) in [6, 6.07) is 6.13. The molecule has 0 radical (unpaired) electrons. The molecule has 10 nitrogen and oxygen atoms in total. The third-order valence-electron chi connectivity index (χ3n) is 7.72. The monoisotopic (exact) mass is 522 g/mol. The van der Waals surface area contributed by atoms with Gasteiger partial charge >= 0.3 is 0 Å². The second kappa shape index (κ2) is 8.76. The Morgan fingerprint density at radius 3 is 2.94 bits per heavy atom. The number of aromatic amines is 1. The maximum absolute atomic E-state index is 13.1. The molecule has 3 aromatic rings. The summed E-state index contributed by atoms with van der Waals surface area (Å²) in [7, 11) is 0. The number of fused-ring (bicyclic) bond motifs is 3. The maximum Gasteiger partial charge on any atom is 0.258 e. The van der Waals surface area contributed by atoms with E-state index in [9.17, 15) is 14.9 Å². The minimum atomic E-state index is -0.736. The molecule has 4 N–H and O–H groups in total. The first-order chi connectivity index (χ1) is 17.4. The lowest BCUT2D eigenvalue weighted by Crippen LogP contribution is -2.46. The zero-order valence-electron chi connectivity index (χ0n) is 19.7. The molecule has 0 spiro atoms. The Morgan fingerprint density at radius 1 is 1.36 bits per heavy atom. The standard InChI is InChI=1S/C24H26N8O2S2/c1-12(27-11-19(33)32-16(10-25)6-15-7-17(15)32)9-24(23-28-30-31-29-23)20-13(4-5-35-20)2-3-14-8-18(22(26)34)36-21(14)24/h4-5,8,12,15-17,27H,2-3,6-7,9,11H2,1H3,(H2,26,34)(H,28,29,30,31)/t12-,15+,16-,17-,24?/m0/s1. The topological polar surface area (TPSA) is 154 Å². The molecular weight excluding hydrogens is 496 g/mol. The van der Waals surface area contributed by atoms with Crippen LogP contribution in [0.2, 0.25) is 0 Å². The van der Waals surface area contributed by atoms with Crippen molar-refractivity contribution in [2.45, 2.75) is 62.6 Å². The number of likely N-dealkylation sites (tertiary alicyclic amines) is 1. The van der Waals surface area contributed by atoms with Crippen molar-refractivity contribution < 1.29 is 9.59 Å². The molecule has 1 aliphatic heterocycles. The first kappa shape index (κ1) is 23.3. The summed E-state index contributed by atoms with van der Waals surface area (Å²) in [6.45, 7) is 2.20. The molecule has 6 rings (SSSR count). The van der Waals surface area contributed by atoms with Crippen molar-refractivity contribution in [3.8, 4) is 6.07 Å². The van der Waals surface area contributed by atoms with E-state index in [1.54, 1.807) is 16.2 Å². The zero-order valence-corrected chi connectivity index (χ0v) is 21.4. The lowest BCUT2D eigenvalue weighted by Gasteiger charge is -2.33. The number of nitrogens with zero attached hydrogens (tertiary/aromatic N) is 5. The summed E-state index contributed by atoms with van der Waals surface area (Å²) in [6.07, 6.45) is 3.98. The highest BCUT2D eigenvalue weighted by molar-refractivity contribution is 7.15. The van der Waals surface area contributed by atoms with Gasteiger partial charge in [0.25, 0.3) is 5.91 Å². The predicted molar refractivity (Wildman–Crippen MR) is 133 cm³/mol. The second-order valence-corrected chi connectivity index (χ2v) is 11.9. The summed E-state index contributed by atoms with van der Waals surface area (Å²) in [5.41, 5.74) is 7.23. The van der Waals surface area contributed by atoms with Crippen molar-refractivity contribution in [3.05, 3.63) is 49.1 Å². The molecular formula is C24H26N8O2S2. The minimum Gasteiger partial charge on any atom is -0.365 e. The van der Waals surface area contributed by atoms with Gasteiger partial charge in [-0.25, -0.2) is 0 Å². The van der Waals surface area contributed by atoms with Gasteiger partial charge in [-0.3, -0.25) is 9.59 Å². The maximum atomic E-state index is 13.1. The summed E-state index contributed by atoms with van der Waals surface area (Å²) in [5.74, 6) is 0.543. The summed E-state index contributed by atoms with van der Waals surface area (Å²) >= 11 is 3.05. The number of primary amides is 1. The molecule has 5 atom stereocenters. The van der Waals surface area contributed by atoms with E-state index in [4.69, 9.17) is 5.73 Å². The highest BCUT2D eigenvalue weighted by Gasteiger charge is 2.54. The van der Waals surface area contributed by atoms with Gasteiger partial charge in [-0.05, 0) is 73.6 Å². The molecule has 0 bridgehead atoms. The average Bonchev–Trinajstić information content (AvgIpc) is 3.39. The van der Waals surface area contributed by atoms with E-state index in [2.05, 4.69) is 43.5 Å². The lowest BCUT2D eigenvalue weighted by molar-refractivity contribution is -0.131. The van der Waals surface area contributed by atoms with E-state index in [1.165, 1.54) is 16.9 Å². The fourth-order valence-corrected chi connectivity index (χ4v) is 8.51. The van der Waals surface area contributed by atoms with E-state index in [1.807, 2.05) is 13.0 Å². The molecule has 2 aliphatic carbocycles. The molecule has 3 aromatic heterocycles. The number of aromatic nitrogens is 4. The van der Waals surface area contributed by atoms with Crippen LogP contribution in [0.3, 0.4) is 0 Å². The normalized spacial score (nSPS) is 26.9. The molecule has 186 valence electrons. The van der Waals surface area contributed by atoms with Crippen molar-refractivity contribution in [2.24, 2.45) is 11.7 Å². The van der Waals surface area contributed by atoms with E-state index >= 15 is 0 Å². The molecule has 1 unspecified atom stereocenters. The Kier molecular flexibility index (Phi) is 5.66. The third kappa shape index (κ3) is 3.65. The largest absolute Gasteiger partial charge is 0.365 e. The number of piperidine rings is 1. The van der Waals surface area contributed by atoms with E-state index in [0.717, 1.165) is 41.0 Å². The van der Waals surface area contributed by atoms with Gasteiger partial charge in [0.05, 0.1) is 17.5 Å². The van der Waals surface area contributed by atoms with Crippen LogP contribution in [0.4, 0.5) is 0 Å². The van der Waals surface area contributed by atoms with E-state index in [-0.39, 0.29) is 30.6 Å². The molecule has 4 heterocycles. The first-order valence-electron chi connectivity index (χ1n) is 12.1. The number of hydrogen-bond acceptors (Lipinski definition) is 9. The third-order valence-corrected chi connectivity index (χ3v) is 10.2. The van der Waals surface area contributed by atoms with Gasteiger partial charge in [-0.2, -0.15) is 10.5 Å². The first-order valence-corrected chi connectivity index (χ1v) is 13.8. The van der Waals surface area contributed by atoms with Gasteiger partial charge in [-0.1, -0.05) is 5.21 Å². The number of rotatable bonds is 7. The fourth-order valence-electron chi connectivity index (χ4n) is 6.01. The van der Waals surface area contributed by atoms with Gasteiger partial charge < -0.3 is 16.0 Å². The van der Waals surface area contributed by atoms with Crippen LogP contribution in [0, 0.1) is 17.2 Å².